The van der Waals surface area contributed by atoms with Gasteiger partial charge in [0.1, 0.15) is 5.82 Å². The molecule has 0 bridgehead atoms. The third kappa shape index (κ3) is 4.44. The maximum atomic E-state index is 13.2. The van der Waals surface area contributed by atoms with Crippen LogP contribution in [-0.4, -0.2) is 54.2 Å². The Morgan fingerprint density at radius 2 is 1.83 bits per heavy atom. The summed E-state index contributed by atoms with van der Waals surface area (Å²) < 4.78 is 13.2. The number of hydrogen-bond acceptors (Lipinski definition) is 3. The number of aliphatic hydroxyl groups excluding tert-OH is 1. The van der Waals surface area contributed by atoms with E-state index in [-0.39, 0.29) is 12.4 Å². The van der Waals surface area contributed by atoms with Crippen molar-refractivity contribution in [2.24, 2.45) is 11.8 Å². The second-order valence-electron chi connectivity index (χ2n) is 6.99. The molecule has 3 rings (SSSR count). The first-order chi connectivity index (χ1) is 11.2. The van der Waals surface area contributed by atoms with E-state index in [2.05, 4.69) is 9.80 Å². The Labute approximate surface area is 143 Å². The van der Waals surface area contributed by atoms with Crippen molar-refractivity contribution >= 4 is 11.6 Å². The topological polar surface area (TPSA) is 26.7 Å². The molecule has 0 saturated carbocycles. The maximum Gasteiger partial charge on any atom is 0.124 e. The molecule has 0 unspecified atom stereocenters. The molecule has 2 aliphatic rings. The van der Waals surface area contributed by atoms with Gasteiger partial charge >= 0.3 is 0 Å². The molecule has 0 radical (unpaired) electrons. The Morgan fingerprint density at radius 1 is 1.09 bits per heavy atom. The molecule has 23 heavy (non-hydrogen) atoms. The molecule has 2 atom stereocenters. The zero-order valence-corrected chi connectivity index (χ0v) is 14.3. The van der Waals surface area contributed by atoms with Crippen molar-refractivity contribution in [2.45, 2.75) is 25.8 Å². The van der Waals surface area contributed by atoms with Crippen molar-refractivity contribution in [1.29, 1.82) is 0 Å². The molecule has 2 aliphatic heterocycles. The number of benzene rings is 1. The van der Waals surface area contributed by atoms with Crippen molar-refractivity contribution in [3.8, 4) is 0 Å². The first-order valence-corrected chi connectivity index (χ1v) is 9.03. The van der Waals surface area contributed by atoms with Gasteiger partial charge in [-0.3, -0.25) is 4.90 Å². The second-order valence-corrected chi connectivity index (χ2v) is 7.40. The largest absolute Gasteiger partial charge is 0.396 e. The fourth-order valence-electron chi connectivity index (χ4n) is 3.94. The second kappa shape index (κ2) is 7.93. The van der Waals surface area contributed by atoms with Crippen LogP contribution < -0.4 is 0 Å². The minimum Gasteiger partial charge on any atom is -0.396 e. The molecule has 2 heterocycles. The minimum atomic E-state index is -0.295. The number of likely N-dealkylation sites (tertiary alicyclic amines) is 2. The lowest BCUT2D eigenvalue weighted by Gasteiger charge is -2.30. The van der Waals surface area contributed by atoms with Crippen LogP contribution in [0.2, 0.25) is 5.02 Å². The molecule has 128 valence electrons. The lowest BCUT2D eigenvalue weighted by Crippen LogP contribution is -2.37. The number of hydrogen-bond donors (Lipinski definition) is 1. The Hall–Kier alpha value is -0.680. The van der Waals surface area contributed by atoms with Gasteiger partial charge < -0.3 is 10.0 Å². The first-order valence-electron chi connectivity index (χ1n) is 8.65. The van der Waals surface area contributed by atoms with Crippen LogP contribution in [0.25, 0.3) is 0 Å². The van der Waals surface area contributed by atoms with E-state index in [1.54, 1.807) is 6.07 Å². The lowest BCUT2D eigenvalue weighted by atomic mass is 9.95. The third-order valence-corrected chi connectivity index (χ3v) is 5.59. The van der Waals surface area contributed by atoms with E-state index in [0.29, 0.717) is 16.9 Å². The van der Waals surface area contributed by atoms with Crippen molar-refractivity contribution in [2.75, 3.05) is 39.3 Å². The molecule has 2 fully saturated rings. The summed E-state index contributed by atoms with van der Waals surface area (Å²) in [7, 11) is 0. The summed E-state index contributed by atoms with van der Waals surface area (Å²) in [5.74, 6) is 0.546. The summed E-state index contributed by atoms with van der Waals surface area (Å²) in [6.07, 6.45) is 3.94. The third-order valence-electron chi connectivity index (χ3n) is 5.24. The Morgan fingerprint density at radius 3 is 2.52 bits per heavy atom. The van der Waals surface area contributed by atoms with Gasteiger partial charge in [-0.05, 0) is 55.5 Å². The summed E-state index contributed by atoms with van der Waals surface area (Å²) in [5.41, 5.74) is 0.961. The Kier molecular flexibility index (Phi) is 5.91. The molecule has 1 aromatic rings. The molecule has 2 saturated heterocycles. The standard InChI is InChI=1S/C18H26ClFN2O/c19-18-8-17(20)5-4-14(18)9-22-11-15(16(12-22)13-23)10-21-6-2-1-3-7-21/h4-5,8,15-16,23H,1-3,6-7,9-13H2/t15-,16-/m1/s1. The van der Waals surface area contributed by atoms with Gasteiger partial charge in [-0.2, -0.15) is 0 Å². The molecule has 0 spiro atoms. The van der Waals surface area contributed by atoms with E-state index in [1.165, 1.54) is 44.5 Å². The molecule has 1 aromatic carbocycles. The summed E-state index contributed by atoms with van der Waals surface area (Å²) >= 11 is 6.15. The van der Waals surface area contributed by atoms with E-state index < -0.39 is 0 Å². The molecular weight excluding hydrogens is 315 g/mol. The average molecular weight is 341 g/mol. The molecular formula is C18H26ClFN2O. The first kappa shape index (κ1) is 17.2. The fraction of sp³-hybridized carbons (Fsp3) is 0.667. The van der Waals surface area contributed by atoms with E-state index in [0.717, 1.165) is 31.7 Å². The minimum absolute atomic E-state index is 0.242. The number of piperidine rings is 1. The number of rotatable bonds is 5. The zero-order chi connectivity index (χ0) is 16.2. The van der Waals surface area contributed by atoms with Gasteiger partial charge in [0.2, 0.25) is 0 Å². The van der Waals surface area contributed by atoms with Gasteiger partial charge in [-0.1, -0.05) is 24.1 Å². The summed E-state index contributed by atoms with van der Waals surface area (Å²) in [4.78, 5) is 4.89. The van der Waals surface area contributed by atoms with Crippen molar-refractivity contribution < 1.29 is 9.50 Å². The van der Waals surface area contributed by atoms with Gasteiger partial charge in [0.25, 0.3) is 0 Å². The van der Waals surface area contributed by atoms with E-state index in [9.17, 15) is 9.50 Å². The van der Waals surface area contributed by atoms with E-state index in [4.69, 9.17) is 11.6 Å². The van der Waals surface area contributed by atoms with Crippen LogP contribution in [0.3, 0.4) is 0 Å². The highest BCUT2D eigenvalue weighted by atomic mass is 35.5. The summed E-state index contributed by atoms with van der Waals surface area (Å²) in [6.45, 7) is 6.31. The fourth-order valence-corrected chi connectivity index (χ4v) is 4.17. The van der Waals surface area contributed by atoms with Gasteiger partial charge in [0.05, 0.1) is 0 Å². The van der Waals surface area contributed by atoms with Gasteiger partial charge in [-0.25, -0.2) is 4.39 Å². The number of nitrogens with zero attached hydrogens (tertiary/aromatic N) is 2. The van der Waals surface area contributed by atoms with Crippen molar-refractivity contribution in [3.05, 3.63) is 34.6 Å². The zero-order valence-electron chi connectivity index (χ0n) is 13.6. The SMILES string of the molecule is OC[C@H]1CN(Cc2ccc(F)cc2Cl)C[C@H]1CN1CCCCC1. The Balaban J connectivity index is 1.59. The van der Waals surface area contributed by atoms with Crippen LogP contribution in [0.15, 0.2) is 18.2 Å². The van der Waals surface area contributed by atoms with Crippen LogP contribution in [-0.2, 0) is 6.54 Å². The highest BCUT2D eigenvalue weighted by Gasteiger charge is 2.33. The predicted octanol–water partition coefficient (Wildman–Crippen LogP) is 3.01. The maximum absolute atomic E-state index is 13.2. The van der Waals surface area contributed by atoms with Crippen LogP contribution in [0.1, 0.15) is 24.8 Å². The van der Waals surface area contributed by atoms with Crippen LogP contribution >= 0.6 is 11.6 Å². The Bertz CT molecular complexity index is 522. The summed E-state index contributed by atoms with van der Waals surface area (Å²) in [6, 6.07) is 4.61. The number of aliphatic hydroxyl groups is 1. The smallest absolute Gasteiger partial charge is 0.124 e. The lowest BCUT2D eigenvalue weighted by molar-refractivity contribution is 0.149. The molecule has 3 nitrogen and oxygen atoms in total. The van der Waals surface area contributed by atoms with Crippen molar-refractivity contribution in [3.63, 3.8) is 0 Å². The molecule has 0 amide bonds. The molecule has 0 aromatic heterocycles. The van der Waals surface area contributed by atoms with Crippen LogP contribution in [0.4, 0.5) is 4.39 Å². The van der Waals surface area contributed by atoms with Crippen molar-refractivity contribution in [1.82, 2.24) is 9.80 Å². The van der Waals surface area contributed by atoms with Gasteiger partial charge in [-0.15, -0.1) is 0 Å². The van der Waals surface area contributed by atoms with Crippen LogP contribution in [0.5, 0.6) is 0 Å². The predicted molar refractivity (Wildman–Crippen MR) is 91.0 cm³/mol. The molecule has 0 aliphatic carbocycles. The highest BCUT2D eigenvalue weighted by Crippen LogP contribution is 2.28. The van der Waals surface area contributed by atoms with E-state index in [1.807, 2.05) is 0 Å². The van der Waals surface area contributed by atoms with Gasteiger partial charge in [0, 0.05) is 37.8 Å². The molecule has 5 heteroatoms. The number of halogens is 2. The average Bonchev–Trinajstić information content (AvgIpc) is 2.93. The monoisotopic (exact) mass is 340 g/mol. The normalized spacial score (nSPS) is 26.7. The molecule has 1 N–H and O–H groups in total. The van der Waals surface area contributed by atoms with Gasteiger partial charge in [0.15, 0.2) is 0 Å². The van der Waals surface area contributed by atoms with E-state index >= 15 is 0 Å². The highest BCUT2D eigenvalue weighted by molar-refractivity contribution is 6.31. The quantitative estimate of drug-likeness (QED) is 0.892. The summed E-state index contributed by atoms with van der Waals surface area (Å²) in [5, 5.41) is 10.2. The van der Waals surface area contributed by atoms with Crippen LogP contribution in [0, 0.1) is 17.7 Å².